The second-order valence-electron chi connectivity index (χ2n) is 4.42. The highest BCUT2D eigenvalue weighted by molar-refractivity contribution is 6.30. The molecule has 0 radical (unpaired) electrons. The number of carboxylic acids is 1. The van der Waals surface area contributed by atoms with Crippen LogP contribution in [0.1, 0.15) is 18.4 Å². The summed E-state index contributed by atoms with van der Waals surface area (Å²) in [7, 11) is 1.54. The van der Waals surface area contributed by atoms with Crippen LogP contribution >= 0.6 is 11.6 Å². The molecule has 0 aromatic heterocycles. The molecule has 1 atom stereocenters. The molecular weight excluding hydrogens is 294 g/mol. The zero-order chi connectivity index (χ0) is 15.7. The Kier molecular flexibility index (Phi) is 7.50. The first-order valence-electron chi connectivity index (χ1n) is 6.49. The maximum atomic E-state index is 11.7. The van der Waals surface area contributed by atoms with Crippen molar-refractivity contribution in [2.24, 2.45) is 0 Å². The van der Waals surface area contributed by atoms with Crippen molar-refractivity contribution < 1.29 is 19.4 Å². The Balaban J connectivity index is 2.53. The molecule has 1 unspecified atom stereocenters. The first-order valence-corrected chi connectivity index (χ1v) is 6.86. The second kappa shape index (κ2) is 9.15. The lowest BCUT2D eigenvalue weighted by Gasteiger charge is -2.12. The molecule has 0 aliphatic heterocycles. The Morgan fingerprint density at radius 3 is 2.62 bits per heavy atom. The van der Waals surface area contributed by atoms with Crippen LogP contribution in [0, 0.1) is 0 Å². The summed E-state index contributed by atoms with van der Waals surface area (Å²) >= 11 is 5.76. The minimum Gasteiger partial charge on any atom is -0.480 e. The molecule has 0 aliphatic carbocycles. The molecule has 0 saturated carbocycles. The highest BCUT2D eigenvalue weighted by Gasteiger charge is 2.18. The first-order chi connectivity index (χ1) is 10.0. The summed E-state index contributed by atoms with van der Waals surface area (Å²) in [5.74, 6) is -1.51. The van der Waals surface area contributed by atoms with Gasteiger partial charge < -0.3 is 15.2 Å². The number of nitrogens with one attached hydrogen (secondary N) is 1. The van der Waals surface area contributed by atoms with E-state index in [-0.39, 0.29) is 0 Å². The van der Waals surface area contributed by atoms with E-state index in [1.807, 2.05) is 0 Å². The number of aliphatic carboxylic acids is 1. The van der Waals surface area contributed by atoms with Gasteiger partial charge in [0.2, 0.25) is 5.91 Å². The molecular formula is C15H18ClNO4. The van der Waals surface area contributed by atoms with E-state index in [1.54, 1.807) is 37.5 Å². The average Bonchev–Trinajstić information content (AvgIpc) is 2.45. The molecule has 1 aromatic rings. The van der Waals surface area contributed by atoms with Gasteiger partial charge in [-0.1, -0.05) is 23.7 Å². The molecule has 0 bridgehead atoms. The minimum atomic E-state index is -1.06. The lowest BCUT2D eigenvalue weighted by atomic mass is 10.1. The molecule has 114 valence electrons. The van der Waals surface area contributed by atoms with Crippen molar-refractivity contribution in [1.29, 1.82) is 0 Å². The normalized spacial score (nSPS) is 12.3. The zero-order valence-electron chi connectivity index (χ0n) is 11.7. The van der Waals surface area contributed by atoms with E-state index < -0.39 is 17.9 Å². The molecule has 5 nitrogen and oxygen atoms in total. The van der Waals surface area contributed by atoms with E-state index in [0.717, 1.165) is 5.56 Å². The number of hydrogen-bond donors (Lipinski definition) is 2. The number of ether oxygens (including phenoxy) is 1. The van der Waals surface area contributed by atoms with Crippen LogP contribution in [-0.4, -0.2) is 36.7 Å². The van der Waals surface area contributed by atoms with Crippen molar-refractivity contribution in [3.05, 3.63) is 40.9 Å². The standard InChI is InChI=1S/C15H18ClNO4/c1-21-10-2-3-13(15(19)20)17-14(18)9-6-11-4-7-12(16)8-5-11/h4-9,13H,2-3,10H2,1H3,(H,17,18)(H,19,20)/b9-6+. The van der Waals surface area contributed by atoms with Gasteiger partial charge in [-0.3, -0.25) is 4.79 Å². The van der Waals surface area contributed by atoms with Gasteiger partial charge in [-0.2, -0.15) is 0 Å². The van der Waals surface area contributed by atoms with Crippen molar-refractivity contribution in [2.75, 3.05) is 13.7 Å². The predicted octanol–water partition coefficient (Wildman–Crippen LogP) is 2.35. The molecule has 2 N–H and O–H groups in total. The predicted molar refractivity (Wildman–Crippen MR) is 81.2 cm³/mol. The maximum Gasteiger partial charge on any atom is 0.326 e. The van der Waals surface area contributed by atoms with Crippen molar-refractivity contribution in [2.45, 2.75) is 18.9 Å². The van der Waals surface area contributed by atoms with Crippen LogP contribution < -0.4 is 5.32 Å². The van der Waals surface area contributed by atoms with E-state index in [4.69, 9.17) is 21.4 Å². The van der Waals surface area contributed by atoms with Gasteiger partial charge in [0, 0.05) is 24.8 Å². The fourth-order valence-corrected chi connectivity index (χ4v) is 1.78. The average molecular weight is 312 g/mol. The highest BCUT2D eigenvalue weighted by Crippen LogP contribution is 2.10. The Morgan fingerprint density at radius 1 is 1.38 bits per heavy atom. The van der Waals surface area contributed by atoms with Gasteiger partial charge in [0.15, 0.2) is 0 Å². The van der Waals surface area contributed by atoms with Crippen LogP contribution in [0.3, 0.4) is 0 Å². The summed E-state index contributed by atoms with van der Waals surface area (Å²) in [6.45, 7) is 0.459. The van der Waals surface area contributed by atoms with Crippen LogP contribution in [0.4, 0.5) is 0 Å². The Hall–Kier alpha value is -1.85. The smallest absolute Gasteiger partial charge is 0.326 e. The summed E-state index contributed by atoms with van der Waals surface area (Å²) in [5, 5.41) is 12.1. The molecule has 0 heterocycles. The largest absolute Gasteiger partial charge is 0.480 e. The molecule has 0 saturated heterocycles. The molecule has 1 aromatic carbocycles. The fourth-order valence-electron chi connectivity index (χ4n) is 1.65. The molecule has 0 fully saturated rings. The lowest BCUT2D eigenvalue weighted by molar-refractivity contribution is -0.141. The third-order valence-electron chi connectivity index (χ3n) is 2.75. The van der Waals surface area contributed by atoms with Crippen LogP contribution in [-0.2, 0) is 14.3 Å². The summed E-state index contributed by atoms with van der Waals surface area (Å²) < 4.78 is 4.86. The summed E-state index contributed by atoms with van der Waals surface area (Å²) in [4.78, 5) is 22.8. The van der Waals surface area contributed by atoms with Crippen LogP contribution in [0.5, 0.6) is 0 Å². The van der Waals surface area contributed by atoms with Gasteiger partial charge in [-0.25, -0.2) is 4.79 Å². The molecule has 0 aliphatic rings. The maximum absolute atomic E-state index is 11.7. The second-order valence-corrected chi connectivity index (χ2v) is 4.86. The third kappa shape index (κ3) is 6.92. The van der Waals surface area contributed by atoms with Crippen molar-refractivity contribution in [3.63, 3.8) is 0 Å². The Morgan fingerprint density at radius 2 is 2.05 bits per heavy atom. The molecule has 6 heteroatoms. The fraction of sp³-hybridized carbons (Fsp3) is 0.333. The minimum absolute atomic E-state index is 0.323. The number of carboxylic acid groups (broad SMARTS) is 1. The lowest BCUT2D eigenvalue weighted by Crippen LogP contribution is -2.40. The van der Waals surface area contributed by atoms with Crippen LogP contribution in [0.15, 0.2) is 30.3 Å². The summed E-state index contributed by atoms with van der Waals surface area (Å²) in [6, 6.07) is 6.04. The van der Waals surface area contributed by atoms with Crippen molar-refractivity contribution in [3.8, 4) is 0 Å². The van der Waals surface area contributed by atoms with E-state index in [9.17, 15) is 9.59 Å². The number of methoxy groups -OCH3 is 1. The molecule has 0 spiro atoms. The van der Waals surface area contributed by atoms with E-state index in [1.165, 1.54) is 6.08 Å². The highest BCUT2D eigenvalue weighted by atomic mass is 35.5. The number of carbonyl (C=O) groups excluding carboxylic acids is 1. The van der Waals surface area contributed by atoms with Gasteiger partial charge in [0.25, 0.3) is 0 Å². The van der Waals surface area contributed by atoms with Crippen molar-refractivity contribution >= 4 is 29.6 Å². The quantitative estimate of drug-likeness (QED) is 0.571. The summed E-state index contributed by atoms with van der Waals surface area (Å²) in [5.41, 5.74) is 0.806. The van der Waals surface area contributed by atoms with Gasteiger partial charge in [-0.05, 0) is 36.6 Å². The van der Waals surface area contributed by atoms with E-state index in [0.29, 0.717) is 24.5 Å². The summed E-state index contributed by atoms with van der Waals surface area (Å²) in [6.07, 6.45) is 3.79. The number of amides is 1. The van der Waals surface area contributed by atoms with Crippen molar-refractivity contribution in [1.82, 2.24) is 5.32 Å². The molecule has 1 rings (SSSR count). The van der Waals surface area contributed by atoms with Gasteiger partial charge in [-0.15, -0.1) is 0 Å². The van der Waals surface area contributed by atoms with Crippen LogP contribution in [0.2, 0.25) is 5.02 Å². The zero-order valence-corrected chi connectivity index (χ0v) is 12.5. The number of halogens is 1. The van der Waals surface area contributed by atoms with Gasteiger partial charge in [0.05, 0.1) is 0 Å². The van der Waals surface area contributed by atoms with Gasteiger partial charge in [0.1, 0.15) is 6.04 Å². The van der Waals surface area contributed by atoms with E-state index in [2.05, 4.69) is 5.32 Å². The number of hydrogen-bond acceptors (Lipinski definition) is 3. The topological polar surface area (TPSA) is 75.6 Å². The monoisotopic (exact) mass is 311 g/mol. The number of benzene rings is 1. The Bertz CT molecular complexity index is 499. The first kappa shape index (κ1) is 17.2. The Labute approximate surface area is 128 Å². The molecule has 21 heavy (non-hydrogen) atoms. The van der Waals surface area contributed by atoms with E-state index >= 15 is 0 Å². The SMILES string of the molecule is COCCCC(NC(=O)/C=C/c1ccc(Cl)cc1)C(=O)O. The number of carbonyl (C=O) groups is 2. The number of rotatable bonds is 8. The third-order valence-corrected chi connectivity index (χ3v) is 3.00. The van der Waals surface area contributed by atoms with Gasteiger partial charge >= 0.3 is 5.97 Å². The molecule has 1 amide bonds. The van der Waals surface area contributed by atoms with Crippen LogP contribution in [0.25, 0.3) is 6.08 Å².